The van der Waals surface area contributed by atoms with E-state index in [1.807, 2.05) is 12.1 Å². The van der Waals surface area contributed by atoms with Crippen LogP contribution in [0.1, 0.15) is 30.0 Å². The van der Waals surface area contributed by atoms with Crippen molar-refractivity contribution in [2.24, 2.45) is 10.9 Å². The monoisotopic (exact) mass is 304 g/mol. The van der Waals surface area contributed by atoms with Gasteiger partial charge in [0, 0.05) is 29.6 Å². The normalized spacial score (nSPS) is 12.6. The molecule has 4 N–H and O–H groups in total. The second-order valence-electron chi connectivity index (χ2n) is 5.46. The number of hydrogen-bond donors (Lipinski definition) is 3. The lowest BCUT2D eigenvalue weighted by atomic mass is 9.91. The summed E-state index contributed by atoms with van der Waals surface area (Å²) in [5.41, 5.74) is 7.13. The predicted molar refractivity (Wildman–Crippen MR) is 85.8 cm³/mol. The summed E-state index contributed by atoms with van der Waals surface area (Å²) in [5, 5.41) is 17.3. The number of pyridine rings is 1. The van der Waals surface area contributed by atoms with Crippen LogP contribution in [0.4, 0.5) is 0 Å². The van der Waals surface area contributed by atoms with Crippen molar-refractivity contribution in [3.8, 4) is 0 Å². The maximum absolute atomic E-state index is 8.80. The van der Waals surface area contributed by atoms with Crippen molar-refractivity contribution >= 4 is 17.2 Å². The first-order chi connectivity index (χ1) is 10.0. The molecule has 0 bridgehead atoms. The molecular weight excluding hydrogens is 284 g/mol. The first-order valence-electron chi connectivity index (χ1n) is 6.71. The molecule has 0 aliphatic heterocycles. The van der Waals surface area contributed by atoms with Gasteiger partial charge in [-0.05, 0) is 23.1 Å². The van der Waals surface area contributed by atoms with Crippen molar-refractivity contribution in [1.82, 2.24) is 10.3 Å². The quantitative estimate of drug-likeness (QED) is 0.331. The van der Waals surface area contributed by atoms with Crippen molar-refractivity contribution in [1.29, 1.82) is 0 Å². The number of amidine groups is 1. The van der Waals surface area contributed by atoms with E-state index in [9.17, 15) is 0 Å². The van der Waals surface area contributed by atoms with Gasteiger partial charge in [0.05, 0.1) is 0 Å². The van der Waals surface area contributed by atoms with E-state index < -0.39 is 0 Å². The lowest BCUT2D eigenvalue weighted by molar-refractivity contribution is 0.318. The van der Waals surface area contributed by atoms with Gasteiger partial charge >= 0.3 is 0 Å². The van der Waals surface area contributed by atoms with E-state index in [-0.39, 0.29) is 11.3 Å². The average molecular weight is 304 g/mol. The second kappa shape index (κ2) is 6.69. The fourth-order valence-electron chi connectivity index (χ4n) is 2.12. The van der Waals surface area contributed by atoms with Gasteiger partial charge in [0.2, 0.25) is 0 Å². The molecule has 5 nitrogen and oxygen atoms in total. The number of thiophene rings is 1. The van der Waals surface area contributed by atoms with Crippen LogP contribution in [0.3, 0.4) is 0 Å². The van der Waals surface area contributed by atoms with Gasteiger partial charge in [-0.1, -0.05) is 31.1 Å². The van der Waals surface area contributed by atoms with E-state index in [2.05, 4.69) is 46.8 Å². The molecule has 0 radical (unpaired) electrons. The Labute approximate surface area is 128 Å². The third kappa shape index (κ3) is 3.80. The molecule has 0 spiro atoms. The van der Waals surface area contributed by atoms with Crippen molar-refractivity contribution in [2.75, 3.05) is 6.54 Å². The number of nitrogens with zero attached hydrogens (tertiary/aromatic N) is 2. The van der Waals surface area contributed by atoms with Crippen LogP contribution in [0, 0.1) is 0 Å². The van der Waals surface area contributed by atoms with Gasteiger partial charge in [-0.15, -0.1) is 11.3 Å². The first kappa shape index (κ1) is 15.5. The molecule has 0 fully saturated rings. The standard InChI is InChI=1S/C15H20N4OS/c1-15(2,12-6-4-8-21-12)10-17-9-11-5-3-7-18-13(11)14(16)19-20/h3-8,17,20H,9-10H2,1-2H3,(H2,16,19). The van der Waals surface area contributed by atoms with Gasteiger partial charge in [0.15, 0.2) is 5.84 Å². The lowest BCUT2D eigenvalue weighted by Crippen LogP contribution is -2.32. The highest BCUT2D eigenvalue weighted by Gasteiger charge is 2.21. The molecule has 21 heavy (non-hydrogen) atoms. The molecule has 0 aliphatic rings. The number of nitrogens with one attached hydrogen (secondary N) is 1. The van der Waals surface area contributed by atoms with Crippen molar-refractivity contribution in [3.05, 3.63) is 52.0 Å². The Hall–Kier alpha value is -1.92. The number of rotatable bonds is 6. The molecule has 0 atom stereocenters. The maximum Gasteiger partial charge on any atom is 0.189 e. The molecule has 2 heterocycles. The topological polar surface area (TPSA) is 83.5 Å². The van der Waals surface area contributed by atoms with Crippen LogP contribution in [-0.4, -0.2) is 22.6 Å². The van der Waals surface area contributed by atoms with E-state index >= 15 is 0 Å². The smallest absolute Gasteiger partial charge is 0.189 e. The molecule has 0 unspecified atom stereocenters. The second-order valence-corrected chi connectivity index (χ2v) is 6.41. The Bertz CT molecular complexity index is 608. The third-order valence-corrected chi connectivity index (χ3v) is 4.55. The zero-order valence-electron chi connectivity index (χ0n) is 12.2. The van der Waals surface area contributed by atoms with E-state index in [1.54, 1.807) is 17.5 Å². The van der Waals surface area contributed by atoms with E-state index in [4.69, 9.17) is 10.9 Å². The first-order valence-corrected chi connectivity index (χ1v) is 7.59. The van der Waals surface area contributed by atoms with Gasteiger partial charge in [0.25, 0.3) is 0 Å². The third-order valence-electron chi connectivity index (χ3n) is 3.31. The number of hydrogen-bond acceptors (Lipinski definition) is 5. The molecule has 112 valence electrons. The zero-order valence-corrected chi connectivity index (χ0v) is 13.0. The highest BCUT2D eigenvalue weighted by Crippen LogP contribution is 2.26. The summed E-state index contributed by atoms with van der Waals surface area (Å²) in [6.45, 7) is 5.87. The van der Waals surface area contributed by atoms with Gasteiger partial charge in [-0.25, -0.2) is 0 Å². The summed E-state index contributed by atoms with van der Waals surface area (Å²) in [6, 6.07) is 7.98. The number of oxime groups is 1. The molecule has 6 heteroatoms. The van der Waals surface area contributed by atoms with Crippen LogP contribution >= 0.6 is 11.3 Å². The highest BCUT2D eigenvalue weighted by molar-refractivity contribution is 7.10. The van der Waals surface area contributed by atoms with Crippen molar-refractivity contribution < 1.29 is 5.21 Å². The fourth-order valence-corrected chi connectivity index (χ4v) is 2.97. The van der Waals surface area contributed by atoms with Crippen LogP contribution in [-0.2, 0) is 12.0 Å². The average Bonchev–Trinajstić information content (AvgIpc) is 3.02. The summed E-state index contributed by atoms with van der Waals surface area (Å²) in [5.74, 6) is 0.0323. The maximum atomic E-state index is 8.80. The fraction of sp³-hybridized carbons (Fsp3) is 0.333. The molecule has 2 aromatic rings. The van der Waals surface area contributed by atoms with Crippen molar-refractivity contribution in [2.45, 2.75) is 25.8 Å². The lowest BCUT2D eigenvalue weighted by Gasteiger charge is -2.24. The molecule has 0 saturated heterocycles. The van der Waals surface area contributed by atoms with Crippen LogP contribution in [0.25, 0.3) is 0 Å². The van der Waals surface area contributed by atoms with E-state index in [0.29, 0.717) is 12.2 Å². The zero-order chi connectivity index (χ0) is 15.3. The molecule has 0 aliphatic carbocycles. The Morgan fingerprint density at radius 1 is 1.43 bits per heavy atom. The summed E-state index contributed by atoms with van der Waals surface area (Å²) < 4.78 is 0. The number of nitrogens with two attached hydrogens (primary N) is 1. The van der Waals surface area contributed by atoms with Crippen LogP contribution in [0.5, 0.6) is 0 Å². The molecular formula is C15H20N4OS. The van der Waals surface area contributed by atoms with E-state index in [1.165, 1.54) is 4.88 Å². The Balaban J connectivity index is 2.01. The van der Waals surface area contributed by atoms with Gasteiger partial charge in [-0.2, -0.15) is 0 Å². The summed E-state index contributed by atoms with van der Waals surface area (Å²) >= 11 is 1.76. The molecule has 0 aromatic carbocycles. The summed E-state index contributed by atoms with van der Waals surface area (Å²) in [6.07, 6.45) is 1.63. The molecule has 2 rings (SSSR count). The number of aromatic nitrogens is 1. The van der Waals surface area contributed by atoms with Crippen molar-refractivity contribution in [3.63, 3.8) is 0 Å². The molecule has 2 aromatic heterocycles. The Kier molecular flexibility index (Phi) is 4.93. The minimum absolute atomic E-state index is 0.0323. The predicted octanol–water partition coefficient (Wildman–Crippen LogP) is 2.30. The SMILES string of the molecule is CC(C)(CNCc1cccnc1/C(N)=N/O)c1cccs1. The molecule has 0 saturated carbocycles. The Morgan fingerprint density at radius 2 is 2.24 bits per heavy atom. The van der Waals surface area contributed by atoms with Gasteiger partial charge in [-0.3, -0.25) is 4.98 Å². The summed E-state index contributed by atoms with van der Waals surface area (Å²) in [7, 11) is 0. The Morgan fingerprint density at radius 3 is 2.90 bits per heavy atom. The summed E-state index contributed by atoms with van der Waals surface area (Å²) in [4.78, 5) is 5.51. The largest absolute Gasteiger partial charge is 0.409 e. The van der Waals surface area contributed by atoms with Crippen LogP contribution < -0.4 is 11.1 Å². The van der Waals surface area contributed by atoms with Crippen LogP contribution in [0.15, 0.2) is 41.0 Å². The van der Waals surface area contributed by atoms with Gasteiger partial charge in [0.1, 0.15) is 5.69 Å². The van der Waals surface area contributed by atoms with Crippen LogP contribution in [0.2, 0.25) is 0 Å². The minimum Gasteiger partial charge on any atom is -0.409 e. The van der Waals surface area contributed by atoms with E-state index in [0.717, 1.165) is 12.1 Å². The molecule has 0 amide bonds. The van der Waals surface area contributed by atoms with Gasteiger partial charge < -0.3 is 16.3 Å². The minimum atomic E-state index is 0.0323. The highest BCUT2D eigenvalue weighted by atomic mass is 32.1.